The first-order valence-electron chi connectivity index (χ1n) is 9.67. The Balaban J connectivity index is 1.81. The molecular weight excluding hydrogens is 354 g/mol. The van der Waals surface area contributed by atoms with Crippen LogP contribution in [0.4, 0.5) is 0 Å². The number of carbonyl (C=O) groups is 2. The molecule has 0 aliphatic heterocycles. The fourth-order valence-electron chi connectivity index (χ4n) is 3.92. The highest BCUT2D eigenvalue weighted by Crippen LogP contribution is 2.37. The van der Waals surface area contributed by atoms with E-state index in [0.717, 1.165) is 31.2 Å². The SMILES string of the molecule is COc1ccc(C2CCCCC2NC(=O)c2cccc(C(C)=O)c2)cc1OC. The molecule has 5 nitrogen and oxygen atoms in total. The Morgan fingerprint density at radius 2 is 1.64 bits per heavy atom. The van der Waals surface area contributed by atoms with Crippen molar-refractivity contribution in [1.29, 1.82) is 0 Å². The summed E-state index contributed by atoms with van der Waals surface area (Å²) in [4.78, 5) is 24.4. The molecule has 0 spiro atoms. The van der Waals surface area contributed by atoms with Crippen molar-refractivity contribution in [2.24, 2.45) is 0 Å². The van der Waals surface area contributed by atoms with Gasteiger partial charge in [-0.2, -0.15) is 0 Å². The molecule has 3 rings (SSSR count). The second-order valence-electron chi connectivity index (χ2n) is 7.22. The maximum absolute atomic E-state index is 12.8. The highest BCUT2D eigenvalue weighted by atomic mass is 16.5. The maximum atomic E-state index is 12.8. The van der Waals surface area contributed by atoms with E-state index in [1.54, 1.807) is 38.5 Å². The molecule has 1 saturated carbocycles. The van der Waals surface area contributed by atoms with Crippen LogP contribution >= 0.6 is 0 Å². The van der Waals surface area contributed by atoms with Gasteiger partial charge >= 0.3 is 0 Å². The predicted molar refractivity (Wildman–Crippen MR) is 108 cm³/mol. The Morgan fingerprint density at radius 3 is 2.36 bits per heavy atom. The lowest BCUT2D eigenvalue weighted by molar-refractivity contribution is 0.0920. The average Bonchev–Trinajstić information content (AvgIpc) is 2.73. The maximum Gasteiger partial charge on any atom is 0.251 e. The topological polar surface area (TPSA) is 64.6 Å². The van der Waals surface area contributed by atoms with Crippen molar-refractivity contribution in [3.8, 4) is 11.5 Å². The van der Waals surface area contributed by atoms with Gasteiger partial charge in [-0.1, -0.05) is 31.0 Å². The minimum absolute atomic E-state index is 0.0420. The molecule has 148 valence electrons. The summed E-state index contributed by atoms with van der Waals surface area (Å²) in [6.45, 7) is 1.51. The standard InChI is InChI=1S/C23H27NO4/c1-15(25)16-7-6-8-18(13-16)23(26)24-20-10-5-4-9-19(20)17-11-12-21(27-2)22(14-17)28-3/h6-8,11-14,19-20H,4-5,9-10H2,1-3H3,(H,24,26). The van der Waals surface area contributed by atoms with Crippen LogP contribution in [0.1, 0.15) is 64.8 Å². The van der Waals surface area contributed by atoms with Gasteiger partial charge in [-0.25, -0.2) is 0 Å². The molecular formula is C23H27NO4. The second-order valence-corrected chi connectivity index (χ2v) is 7.22. The van der Waals surface area contributed by atoms with Gasteiger partial charge in [0.2, 0.25) is 0 Å². The quantitative estimate of drug-likeness (QED) is 0.755. The van der Waals surface area contributed by atoms with Crippen molar-refractivity contribution in [1.82, 2.24) is 5.32 Å². The summed E-state index contributed by atoms with van der Waals surface area (Å²) in [7, 11) is 3.25. The first-order valence-corrected chi connectivity index (χ1v) is 9.67. The number of carbonyl (C=O) groups excluding carboxylic acids is 2. The minimum Gasteiger partial charge on any atom is -0.493 e. The van der Waals surface area contributed by atoms with Gasteiger partial charge in [-0.3, -0.25) is 9.59 Å². The van der Waals surface area contributed by atoms with E-state index in [1.807, 2.05) is 18.2 Å². The van der Waals surface area contributed by atoms with E-state index in [1.165, 1.54) is 6.92 Å². The number of Topliss-reactive ketones (excluding diaryl/α,β-unsaturated/α-hetero) is 1. The van der Waals surface area contributed by atoms with Crippen LogP contribution in [0, 0.1) is 0 Å². The Kier molecular flexibility index (Phi) is 6.34. The molecule has 2 unspecified atom stereocenters. The van der Waals surface area contributed by atoms with Gasteiger partial charge in [-0.15, -0.1) is 0 Å². The summed E-state index contributed by atoms with van der Waals surface area (Å²) in [6, 6.07) is 12.9. The van der Waals surface area contributed by atoms with E-state index < -0.39 is 0 Å². The summed E-state index contributed by atoms with van der Waals surface area (Å²) < 4.78 is 10.8. The first-order chi connectivity index (χ1) is 13.5. The summed E-state index contributed by atoms with van der Waals surface area (Å²) in [5, 5.41) is 3.19. The molecule has 0 saturated heterocycles. The molecule has 5 heteroatoms. The van der Waals surface area contributed by atoms with E-state index in [9.17, 15) is 9.59 Å². The van der Waals surface area contributed by atoms with E-state index in [4.69, 9.17) is 9.47 Å². The van der Waals surface area contributed by atoms with Gasteiger partial charge in [0.1, 0.15) is 0 Å². The molecule has 1 N–H and O–H groups in total. The summed E-state index contributed by atoms with van der Waals surface area (Å²) in [5.74, 6) is 1.43. The van der Waals surface area contributed by atoms with Gasteiger partial charge in [0, 0.05) is 23.1 Å². The Labute approximate surface area is 166 Å². The number of benzene rings is 2. The molecule has 2 aromatic carbocycles. The van der Waals surface area contributed by atoms with Gasteiger partial charge in [-0.05, 0) is 49.6 Å². The number of nitrogens with one attached hydrogen (secondary N) is 1. The largest absolute Gasteiger partial charge is 0.493 e. The number of amides is 1. The van der Waals surface area contributed by atoms with Crippen molar-refractivity contribution < 1.29 is 19.1 Å². The van der Waals surface area contributed by atoms with E-state index in [2.05, 4.69) is 5.32 Å². The van der Waals surface area contributed by atoms with E-state index >= 15 is 0 Å². The molecule has 1 fully saturated rings. The van der Waals surface area contributed by atoms with Gasteiger partial charge < -0.3 is 14.8 Å². The van der Waals surface area contributed by atoms with Crippen LogP contribution < -0.4 is 14.8 Å². The summed E-state index contributed by atoms with van der Waals surface area (Å²) >= 11 is 0. The highest BCUT2D eigenvalue weighted by molar-refractivity contribution is 5.99. The number of rotatable bonds is 6. The Hall–Kier alpha value is -2.82. The molecule has 2 atom stereocenters. The lowest BCUT2D eigenvalue weighted by Gasteiger charge is -2.33. The first kappa shape index (κ1) is 19.9. The summed E-state index contributed by atoms with van der Waals surface area (Å²) in [5.41, 5.74) is 2.21. The lowest BCUT2D eigenvalue weighted by Crippen LogP contribution is -2.41. The minimum atomic E-state index is -0.138. The van der Waals surface area contributed by atoms with Crippen LogP contribution in [0.15, 0.2) is 42.5 Å². The zero-order chi connectivity index (χ0) is 20.1. The fourth-order valence-corrected chi connectivity index (χ4v) is 3.92. The van der Waals surface area contributed by atoms with E-state index in [-0.39, 0.29) is 23.7 Å². The Morgan fingerprint density at radius 1 is 0.929 bits per heavy atom. The number of methoxy groups -OCH3 is 2. The number of ether oxygens (including phenoxy) is 2. The molecule has 1 aliphatic carbocycles. The van der Waals surface area contributed by atoms with Crippen molar-refractivity contribution in [3.63, 3.8) is 0 Å². The van der Waals surface area contributed by atoms with Crippen molar-refractivity contribution >= 4 is 11.7 Å². The molecule has 0 heterocycles. The summed E-state index contributed by atoms with van der Waals surface area (Å²) in [6.07, 6.45) is 4.15. The van der Waals surface area contributed by atoms with Crippen LogP contribution in [0.5, 0.6) is 11.5 Å². The third-order valence-corrected chi connectivity index (χ3v) is 5.45. The molecule has 0 bridgehead atoms. The Bertz CT molecular complexity index is 861. The van der Waals surface area contributed by atoms with Crippen LogP contribution in [0.2, 0.25) is 0 Å². The molecule has 1 aliphatic rings. The molecule has 1 amide bonds. The van der Waals surface area contributed by atoms with Crippen LogP contribution in [0.3, 0.4) is 0 Å². The third kappa shape index (κ3) is 4.35. The molecule has 28 heavy (non-hydrogen) atoms. The second kappa shape index (κ2) is 8.91. The fraction of sp³-hybridized carbons (Fsp3) is 0.391. The third-order valence-electron chi connectivity index (χ3n) is 5.45. The van der Waals surface area contributed by atoms with Crippen LogP contribution in [-0.4, -0.2) is 32.0 Å². The average molecular weight is 381 g/mol. The number of hydrogen-bond acceptors (Lipinski definition) is 4. The van der Waals surface area contributed by atoms with Crippen molar-refractivity contribution in [2.45, 2.75) is 44.6 Å². The monoisotopic (exact) mass is 381 g/mol. The van der Waals surface area contributed by atoms with Crippen molar-refractivity contribution in [2.75, 3.05) is 14.2 Å². The van der Waals surface area contributed by atoms with Gasteiger partial charge in [0.25, 0.3) is 5.91 Å². The number of ketones is 1. The highest BCUT2D eigenvalue weighted by Gasteiger charge is 2.29. The number of hydrogen-bond donors (Lipinski definition) is 1. The zero-order valence-electron chi connectivity index (χ0n) is 16.7. The molecule has 0 radical (unpaired) electrons. The van der Waals surface area contributed by atoms with Crippen molar-refractivity contribution in [3.05, 3.63) is 59.2 Å². The lowest BCUT2D eigenvalue weighted by atomic mass is 9.79. The van der Waals surface area contributed by atoms with Gasteiger partial charge in [0.15, 0.2) is 17.3 Å². The van der Waals surface area contributed by atoms with Crippen LogP contribution in [-0.2, 0) is 0 Å². The predicted octanol–water partition coefficient (Wildman–Crippen LogP) is 4.36. The van der Waals surface area contributed by atoms with Crippen LogP contribution in [0.25, 0.3) is 0 Å². The van der Waals surface area contributed by atoms with E-state index in [0.29, 0.717) is 22.6 Å². The zero-order valence-corrected chi connectivity index (χ0v) is 16.7. The smallest absolute Gasteiger partial charge is 0.251 e. The molecule has 2 aromatic rings. The van der Waals surface area contributed by atoms with Gasteiger partial charge in [0.05, 0.1) is 14.2 Å². The normalized spacial score (nSPS) is 19.0. The molecule has 0 aromatic heterocycles.